The number of hydrogen-bond acceptors (Lipinski definition) is 2. The first-order valence-electron chi connectivity index (χ1n) is 6.32. The Morgan fingerprint density at radius 1 is 1.24 bits per heavy atom. The second kappa shape index (κ2) is 6.18. The van der Waals surface area contributed by atoms with Crippen LogP contribution in [-0.4, -0.2) is 12.7 Å². The van der Waals surface area contributed by atoms with Crippen molar-refractivity contribution in [2.24, 2.45) is 11.7 Å². The Kier molecular flexibility index (Phi) is 5.16. The molecule has 0 aliphatic carbocycles. The van der Waals surface area contributed by atoms with Crippen molar-refractivity contribution in [1.82, 2.24) is 0 Å². The summed E-state index contributed by atoms with van der Waals surface area (Å²) in [6, 6.07) is 10.4. The molecule has 0 saturated heterocycles. The smallest absolute Gasteiger partial charge is 0.0622 e. The lowest BCUT2D eigenvalue weighted by atomic mass is 9.88. The van der Waals surface area contributed by atoms with Gasteiger partial charge < -0.3 is 10.5 Å². The molecule has 1 rings (SSSR count). The van der Waals surface area contributed by atoms with E-state index in [0.717, 1.165) is 12.8 Å². The highest BCUT2D eigenvalue weighted by Gasteiger charge is 2.21. The molecule has 2 atom stereocenters. The summed E-state index contributed by atoms with van der Waals surface area (Å²) in [4.78, 5) is 0. The summed E-state index contributed by atoms with van der Waals surface area (Å²) >= 11 is 0. The van der Waals surface area contributed by atoms with Crippen LogP contribution in [0.1, 0.15) is 45.2 Å². The van der Waals surface area contributed by atoms with Crippen LogP contribution >= 0.6 is 0 Å². The summed E-state index contributed by atoms with van der Waals surface area (Å²) in [5, 5.41) is 0. The first kappa shape index (κ1) is 14.2. The molecule has 0 aliphatic heterocycles. The summed E-state index contributed by atoms with van der Waals surface area (Å²) < 4.78 is 5.43. The van der Waals surface area contributed by atoms with Crippen molar-refractivity contribution in [2.45, 2.75) is 45.3 Å². The van der Waals surface area contributed by atoms with Crippen molar-refractivity contribution in [2.75, 3.05) is 7.11 Å². The van der Waals surface area contributed by atoms with E-state index >= 15 is 0 Å². The zero-order valence-corrected chi connectivity index (χ0v) is 11.4. The number of benzene rings is 1. The van der Waals surface area contributed by atoms with Gasteiger partial charge in [-0.1, -0.05) is 37.3 Å². The van der Waals surface area contributed by atoms with Crippen LogP contribution in [0.2, 0.25) is 0 Å². The average molecular weight is 235 g/mol. The fourth-order valence-corrected chi connectivity index (χ4v) is 1.86. The van der Waals surface area contributed by atoms with E-state index in [0.29, 0.717) is 5.92 Å². The molecule has 0 bridgehead atoms. The number of ether oxygens (including phenoxy) is 1. The average Bonchev–Trinajstić information content (AvgIpc) is 2.36. The SMILES string of the molecule is COC(C)(C)CCC(C)C(N)c1ccccc1. The lowest BCUT2D eigenvalue weighted by Crippen LogP contribution is -2.26. The highest BCUT2D eigenvalue weighted by Crippen LogP contribution is 2.26. The van der Waals surface area contributed by atoms with Crippen LogP contribution in [0.25, 0.3) is 0 Å². The van der Waals surface area contributed by atoms with Gasteiger partial charge in [0.1, 0.15) is 0 Å². The molecule has 0 radical (unpaired) electrons. The van der Waals surface area contributed by atoms with Crippen molar-refractivity contribution in [3.8, 4) is 0 Å². The Bertz CT molecular complexity index is 321. The second-order valence-electron chi connectivity index (χ2n) is 5.42. The van der Waals surface area contributed by atoms with Crippen LogP contribution in [0, 0.1) is 5.92 Å². The molecule has 0 amide bonds. The fraction of sp³-hybridized carbons (Fsp3) is 0.600. The number of nitrogens with two attached hydrogens (primary N) is 1. The quantitative estimate of drug-likeness (QED) is 0.818. The van der Waals surface area contributed by atoms with E-state index in [4.69, 9.17) is 10.5 Å². The van der Waals surface area contributed by atoms with E-state index in [1.807, 2.05) is 18.2 Å². The predicted molar refractivity (Wildman–Crippen MR) is 72.9 cm³/mol. The van der Waals surface area contributed by atoms with Crippen LogP contribution in [0.3, 0.4) is 0 Å². The minimum atomic E-state index is -0.0509. The van der Waals surface area contributed by atoms with Crippen molar-refractivity contribution < 1.29 is 4.74 Å². The van der Waals surface area contributed by atoms with Crippen LogP contribution in [0.15, 0.2) is 30.3 Å². The Labute approximate surface area is 105 Å². The van der Waals surface area contributed by atoms with Gasteiger partial charge in [-0.3, -0.25) is 0 Å². The van der Waals surface area contributed by atoms with E-state index in [1.54, 1.807) is 7.11 Å². The van der Waals surface area contributed by atoms with Gasteiger partial charge in [0, 0.05) is 13.2 Å². The van der Waals surface area contributed by atoms with Crippen molar-refractivity contribution in [3.05, 3.63) is 35.9 Å². The number of hydrogen-bond donors (Lipinski definition) is 1. The molecular weight excluding hydrogens is 210 g/mol. The molecule has 17 heavy (non-hydrogen) atoms. The molecule has 0 saturated carbocycles. The molecule has 0 aromatic heterocycles. The van der Waals surface area contributed by atoms with E-state index in [2.05, 4.69) is 32.9 Å². The van der Waals surface area contributed by atoms with Gasteiger partial charge in [0.25, 0.3) is 0 Å². The third-order valence-electron chi connectivity index (χ3n) is 3.55. The Hall–Kier alpha value is -0.860. The summed E-state index contributed by atoms with van der Waals surface area (Å²) in [5.74, 6) is 0.465. The molecule has 1 aromatic carbocycles. The van der Waals surface area contributed by atoms with Gasteiger partial charge in [-0.15, -0.1) is 0 Å². The third-order valence-corrected chi connectivity index (χ3v) is 3.55. The molecule has 0 aliphatic rings. The van der Waals surface area contributed by atoms with E-state index in [1.165, 1.54) is 5.56 Å². The van der Waals surface area contributed by atoms with Crippen LogP contribution in [0.4, 0.5) is 0 Å². The van der Waals surface area contributed by atoms with Crippen LogP contribution in [-0.2, 0) is 4.74 Å². The molecule has 96 valence electrons. The van der Waals surface area contributed by atoms with Gasteiger partial charge in [-0.2, -0.15) is 0 Å². The molecule has 2 N–H and O–H groups in total. The summed E-state index contributed by atoms with van der Waals surface area (Å²) in [6.07, 6.45) is 2.11. The highest BCUT2D eigenvalue weighted by atomic mass is 16.5. The van der Waals surface area contributed by atoms with Crippen LogP contribution in [0.5, 0.6) is 0 Å². The monoisotopic (exact) mass is 235 g/mol. The Morgan fingerprint density at radius 2 is 1.82 bits per heavy atom. The van der Waals surface area contributed by atoms with Crippen molar-refractivity contribution in [3.63, 3.8) is 0 Å². The van der Waals surface area contributed by atoms with Gasteiger partial charge in [0.05, 0.1) is 5.60 Å². The Morgan fingerprint density at radius 3 is 2.35 bits per heavy atom. The molecule has 0 heterocycles. The first-order chi connectivity index (χ1) is 7.96. The fourth-order valence-electron chi connectivity index (χ4n) is 1.86. The second-order valence-corrected chi connectivity index (χ2v) is 5.42. The zero-order valence-electron chi connectivity index (χ0n) is 11.4. The summed E-state index contributed by atoms with van der Waals surface area (Å²) in [6.45, 7) is 6.45. The van der Waals surface area contributed by atoms with E-state index in [-0.39, 0.29) is 11.6 Å². The molecule has 0 spiro atoms. The van der Waals surface area contributed by atoms with Gasteiger partial charge in [-0.25, -0.2) is 0 Å². The van der Waals surface area contributed by atoms with Gasteiger partial charge in [-0.05, 0) is 38.2 Å². The molecule has 2 unspecified atom stereocenters. The minimum Gasteiger partial charge on any atom is -0.379 e. The van der Waals surface area contributed by atoms with E-state index < -0.39 is 0 Å². The first-order valence-corrected chi connectivity index (χ1v) is 6.32. The zero-order chi connectivity index (χ0) is 12.9. The maximum absolute atomic E-state index is 6.27. The minimum absolute atomic E-state index is 0.0509. The highest BCUT2D eigenvalue weighted by molar-refractivity contribution is 5.18. The summed E-state index contributed by atoms with van der Waals surface area (Å²) in [5.41, 5.74) is 7.44. The van der Waals surface area contributed by atoms with Crippen molar-refractivity contribution in [1.29, 1.82) is 0 Å². The number of methoxy groups -OCH3 is 1. The maximum Gasteiger partial charge on any atom is 0.0622 e. The normalized spacial score (nSPS) is 15.6. The number of rotatable bonds is 6. The molecule has 2 nitrogen and oxygen atoms in total. The van der Waals surface area contributed by atoms with Crippen molar-refractivity contribution >= 4 is 0 Å². The molecular formula is C15H25NO. The lowest BCUT2D eigenvalue weighted by molar-refractivity contribution is 0.0101. The standard InChI is InChI=1S/C15H25NO/c1-12(10-11-15(2,3)17-4)14(16)13-8-6-5-7-9-13/h5-9,12,14H,10-11,16H2,1-4H3. The van der Waals surface area contributed by atoms with Crippen LogP contribution < -0.4 is 5.73 Å². The van der Waals surface area contributed by atoms with Gasteiger partial charge in [0.15, 0.2) is 0 Å². The molecule has 1 aromatic rings. The Balaban J connectivity index is 2.51. The predicted octanol–water partition coefficient (Wildman–Crippen LogP) is 3.53. The topological polar surface area (TPSA) is 35.2 Å². The van der Waals surface area contributed by atoms with Gasteiger partial charge in [0.2, 0.25) is 0 Å². The van der Waals surface area contributed by atoms with E-state index in [9.17, 15) is 0 Å². The summed E-state index contributed by atoms with van der Waals surface area (Å²) in [7, 11) is 1.77. The molecule has 2 heteroatoms. The molecule has 0 fully saturated rings. The third kappa shape index (κ3) is 4.49. The largest absolute Gasteiger partial charge is 0.379 e. The maximum atomic E-state index is 6.27. The lowest BCUT2D eigenvalue weighted by Gasteiger charge is -2.27. The van der Waals surface area contributed by atoms with Gasteiger partial charge >= 0.3 is 0 Å².